The SMILES string of the molecule is C#CCOC[C@@H]1NC(=O)[C@H](CC(=O)O)NC(=O)[C@@H]2CCCN2C(=O)[C@H](Cc2ccccc2)NC(=O)CSC[C@@H](C(=O)NCC(N)=O)NC(=O)[C@H](CC(=O)O)NC(=O)[C@H](Cc2c[nH]c3ccccc23)NC(=O)CNC(=O)[C@H](Cc2c[nH]c3ccccc23)NC(=O)[C@H](Cc2ccc(O)cc2)NC(=O)[C@H](CCCNC(=N)N)NC(=O)[C@H](Cc2c[nH]cn2)NC(=O)[C@H](CC(C)C)NC(=O)CN(C)C1=O. The second-order valence-electron chi connectivity index (χ2n) is 32.6. The number of nitrogens with one attached hydrogen (secondary N) is 18. The first-order chi connectivity index (χ1) is 64.5. The number of benzene rings is 4. The van der Waals surface area contributed by atoms with E-state index in [0.29, 0.717) is 55.8 Å². The standard InChI is InChI=1S/C89H111N23O22S/c1-5-29-134-44-68-87(132)111(4)43-73(116)101-60(30-48(2)3)80(125)106-64(35-53-40-93-47-99-53)83(128)103-59(21-13-27-94-89(91)92)79(124)104-61(31-50-23-25-54(113)26-24-50)81(126)105-62(33-51-38-95-57-19-11-9-17-55(51)57)77(122)98-42-72(115)100-63(34-52-39-96-58-20-12-10-18-56(52)58)82(127)107-65(36-75(118)119)85(130)110-69(78(123)97-41-71(90)114)45-135-46-74(117)102-67(32-49-15-7-6-8-16-49)88(133)112-28-14-22-70(112)86(131)108-66(37-76(120)121)84(129)109-68/h1,6-12,15-20,23-26,38-40,47-48,59-70,95-96,113H,13-14,21-22,27-37,41-46H2,2-4H3,(H2,90,114)(H,93,99)(H,97,123)(H,98,122)(H,100,115)(H,101,116)(H,102,117)(H,103,128)(H,104,124)(H,105,126)(H,106,125)(H,107,127)(H,108,131)(H,109,129)(H,110,130)(H,118,119)(H,120,121)(H4,91,92,94)/t59-,60-,61-,62-,63-,64-,65-,66-,67-,68-,69-,70-/m0/s1. The van der Waals surface area contributed by atoms with Gasteiger partial charge in [0.25, 0.3) is 0 Å². The summed E-state index contributed by atoms with van der Waals surface area (Å²) in [6.45, 7) is -0.501. The number of para-hydroxylation sites is 2. The van der Waals surface area contributed by atoms with Crippen LogP contribution in [0, 0.1) is 23.7 Å². The van der Waals surface area contributed by atoms with Crippen molar-refractivity contribution in [1.82, 2.24) is 104 Å². The van der Waals surface area contributed by atoms with Crippen molar-refractivity contribution in [1.29, 1.82) is 5.41 Å². The van der Waals surface area contributed by atoms with Crippen LogP contribution >= 0.6 is 11.8 Å². The number of amides is 16. The zero-order chi connectivity index (χ0) is 98.0. The maximum Gasteiger partial charge on any atom is 0.305 e. The molecule has 2 saturated heterocycles. The highest BCUT2D eigenvalue weighted by Crippen LogP contribution is 2.25. The molecule has 12 atom stereocenters. The van der Waals surface area contributed by atoms with E-state index in [2.05, 4.69) is 100 Å². The minimum atomic E-state index is -2.09. The lowest BCUT2D eigenvalue weighted by atomic mass is 10.0. The van der Waals surface area contributed by atoms with E-state index < -0.39 is 242 Å². The van der Waals surface area contributed by atoms with E-state index >= 15 is 19.2 Å². The van der Waals surface area contributed by atoms with Crippen molar-refractivity contribution in [3.05, 3.63) is 156 Å². The van der Waals surface area contributed by atoms with E-state index in [4.69, 9.17) is 28.0 Å². The molecule has 4 aromatic carbocycles. The number of phenols is 1. The molecule has 7 aromatic rings. The van der Waals surface area contributed by atoms with Gasteiger partial charge in [0.05, 0.1) is 56.9 Å². The van der Waals surface area contributed by atoms with Crippen LogP contribution in [0.25, 0.3) is 21.8 Å². The minimum absolute atomic E-state index is 0.0126. The minimum Gasteiger partial charge on any atom is -0.508 e. The summed E-state index contributed by atoms with van der Waals surface area (Å²) in [5.74, 6) is -20.1. The smallest absolute Gasteiger partial charge is 0.305 e. The maximum atomic E-state index is 15.4. The highest BCUT2D eigenvalue weighted by atomic mass is 32.2. The first-order valence-electron chi connectivity index (χ1n) is 43.2. The summed E-state index contributed by atoms with van der Waals surface area (Å²) in [5, 5.41) is 75.3. The molecule has 25 N–H and O–H groups in total. The van der Waals surface area contributed by atoms with Gasteiger partial charge in [0.1, 0.15) is 84.9 Å². The van der Waals surface area contributed by atoms with Gasteiger partial charge in [0.2, 0.25) is 94.5 Å². The van der Waals surface area contributed by atoms with Crippen LogP contribution in [0.2, 0.25) is 0 Å². The summed E-state index contributed by atoms with van der Waals surface area (Å²) in [6, 6.07) is 7.03. The summed E-state index contributed by atoms with van der Waals surface area (Å²) >= 11 is 0.682. The number of carbonyl (C=O) groups is 18. The van der Waals surface area contributed by atoms with E-state index in [1.54, 1.807) is 98.9 Å². The number of aliphatic carboxylic acids is 2. The van der Waals surface area contributed by atoms with E-state index in [9.17, 15) is 82.4 Å². The number of likely N-dealkylation sites (N-methyl/N-ethyl adjacent to an activating group) is 1. The van der Waals surface area contributed by atoms with Crippen molar-refractivity contribution in [2.75, 3.05) is 64.5 Å². The molecular formula is C89H111N23O22S. The number of hydrogen-bond donors (Lipinski definition) is 23. The summed E-state index contributed by atoms with van der Waals surface area (Å²) in [7, 11) is 1.14. The van der Waals surface area contributed by atoms with Gasteiger partial charge in [0.15, 0.2) is 5.96 Å². The molecule has 135 heavy (non-hydrogen) atoms. The first-order valence-corrected chi connectivity index (χ1v) is 44.3. The van der Waals surface area contributed by atoms with E-state index in [-0.39, 0.29) is 94.7 Å². The number of aromatic nitrogens is 4. The molecule has 2 fully saturated rings. The molecule has 0 unspecified atom stereocenters. The molecule has 2 aliphatic rings. The van der Waals surface area contributed by atoms with Gasteiger partial charge in [-0.05, 0) is 84.5 Å². The molecule has 5 heterocycles. The van der Waals surface area contributed by atoms with Crippen molar-refractivity contribution in [3.8, 4) is 18.1 Å². The molecule has 0 radical (unpaired) electrons. The fourth-order valence-corrected chi connectivity index (χ4v) is 15.9. The Kier molecular flexibility index (Phi) is 38.9. The van der Waals surface area contributed by atoms with Gasteiger partial charge >= 0.3 is 11.9 Å². The van der Waals surface area contributed by atoms with Gasteiger partial charge in [0, 0.05) is 98.4 Å². The normalized spacial score (nSPS) is 22.3. The predicted molar refractivity (Wildman–Crippen MR) is 487 cm³/mol. The van der Waals surface area contributed by atoms with Gasteiger partial charge in [-0.1, -0.05) is 98.6 Å². The number of aromatic hydroxyl groups is 1. The average molecular weight is 1890 g/mol. The van der Waals surface area contributed by atoms with E-state index in [1.165, 1.54) is 43.0 Å². The second kappa shape index (κ2) is 50.8. The van der Waals surface area contributed by atoms with Gasteiger partial charge in [-0.25, -0.2) is 4.98 Å². The van der Waals surface area contributed by atoms with Gasteiger partial charge in [-0.15, -0.1) is 18.2 Å². The zero-order valence-corrected chi connectivity index (χ0v) is 74.9. The number of guanidine groups is 1. The Labute approximate surface area is 777 Å². The number of terminal acetylenes is 1. The molecular weight excluding hydrogens is 1780 g/mol. The van der Waals surface area contributed by atoms with Crippen LogP contribution in [0.5, 0.6) is 5.75 Å². The molecule has 9 rings (SSSR count). The number of thioether (sulfide) groups is 1. The summed E-state index contributed by atoms with van der Waals surface area (Å²) in [6.07, 6.45) is 7.00. The lowest BCUT2D eigenvalue weighted by molar-refractivity contribution is -0.144. The third-order valence-electron chi connectivity index (χ3n) is 21.7. The third-order valence-corrected chi connectivity index (χ3v) is 22.7. The maximum absolute atomic E-state index is 15.4. The van der Waals surface area contributed by atoms with Crippen molar-refractivity contribution in [2.45, 2.75) is 163 Å². The monoisotopic (exact) mass is 1890 g/mol. The fraction of sp³-hybridized carbons (Fsp3) is 0.416. The highest BCUT2D eigenvalue weighted by molar-refractivity contribution is 8.00. The zero-order valence-electron chi connectivity index (χ0n) is 74.1. The number of rotatable bonds is 26. The van der Waals surface area contributed by atoms with Crippen LogP contribution in [-0.2, 0) is 123 Å². The third kappa shape index (κ3) is 32.2. The van der Waals surface area contributed by atoms with Gasteiger partial charge in [-0.3, -0.25) is 91.7 Å². The number of H-pyrrole nitrogens is 3. The molecule has 46 heteroatoms. The van der Waals surface area contributed by atoms with Crippen molar-refractivity contribution >= 4 is 146 Å². The molecule has 720 valence electrons. The Balaban J connectivity index is 1.09. The number of fused-ring (bicyclic) bond motifs is 3. The number of ether oxygens (including phenoxy) is 1. The summed E-state index contributed by atoms with van der Waals surface area (Å²) < 4.78 is 5.49. The predicted octanol–water partition coefficient (Wildman–Crippen LogP) is -4.25. The van der Waals surface area contributed by atoms with Gasteiger partial charge < -0.3 is 131 Å². The molecule has 45 nitrogen and oxygen atoms in total. The van der Waals surface area contributed by atoms with Crippen LogP contribution < -0.4 is 85.9 Å². The lowest BCUT2D eigenvalue weighted by Gasteiger charge is -2.30. The molecule has 0 bridgehead atoms. The van der Waals surface area contributed by atoms with Crippen LogP contribution in [0.4, 0.5) is 0 Å². The van der Waals surface area contributed by atoms with Crippen molar-refractivity contribution < 1.29 is 106 Å². The number of carboxylic acid groups (broad SMARTS) is 2. The Morgan fingerprint density at radius 2 is 1.08 bits per heavy atom. The number of carbonyl (C=O) groups excluding carboxylic acids is 16. The highest BCUT2D eigenvalue weighted by Gasteiger charge is 2.42. The largest absolute Gasteiger partial charge is 0.508 e. The molecule has 3 aromatic heterocycles. The van der Waals surface area contributed by atoms with Gasteiger partial charge in [-0.2, -0.15) is 0 Å². The van der Waals surface area contributed by atoms with Crippen LogP contribution in [-0.4, -0.2) is 294 Å². The van der Waals surface area contributed by atoms with Crippen LogP contribution in [0.3, 0.4) is 0 Å². The molecule has 16 amide bonds. The Hall–Kier alpha value is -15.4. The van der Waals surface area contributed by atoms with Crippen molar-refractivity contribution in [2.24, 2.45) is 17.4 Å². The van der Waals surface area contributed by atoms with Crippen molar-refractivity contribution in [3.63, 3.8) is 0 Å². The number of primary amides is 1. The average Bonchev–Trinajstić information content (AvgIpc) is 1.71. The fourth-order valence-electron chi connectivity index (χ4n) is 15.1. The number of hydrogen-bond acceptors (Lipinski definition) is 23. The van der Waals surface area contributed by atoms with Crippen LogP contribution in [0.15, 0.2) is 128 Å². The number of nitrogens with two attached hydrogens (primary N) is 2. The first kappa shape index (κ1) is 103. The molecule has 0 aliphatic carbocycles. The Morgan fingerprint density at radius 3 is 1.67 bits per heavy atom. The molecule has 0 spiro atoms. The summed E-state index contributed by atoms with van der Waals surface area (Å²) in [5.41, 5.74) is 14.1. The van der Waals surface area contributed by atoms with Crippen LogP contribution in [0.1, 0.15) is 86.7 Å². The quantitative estimate of drug-likeness (QED) is 0.0106. The lowest BCUT2D eigenvalue weighted by Crippen LogP contribution is -2.60. The van der Waals surface area contributed by atoms with E-state index in [1.807, 2.05) is 0 Å². The van der Waals surface area contributed by atoms with E-state index in [0.717, 1.165) is 16.8 Å². The Bertz CT molecular complexity index is 5470. The number of aromatic amines is 3. The number of imidazole rings is 1. The number of phenolic OH excluding ortho intramolecular Hbond substituents is 1. The summed E-state index contributed by atoms with van der Waals surface area (Å²) in [4.78, 5) is 273. The molecule has 0 saturated carbocycles. The topological polar surface area (TPSA) is 688 Å². The Morgan fingerprint density at radius 1 is 0.570 bits per heavy atom. The second-order valence-corrected chi connectivity index (χ2v) is 33.7. The number of carboxylic acids is 2. The molecule has 2 aliphatic heterocycles. The number of nitrogens with zero attached hydrogens (tertiary/aromatic N) is 3.